The normalized spacial score (nSPS) is 21.0. The molecule has 35 heavy (non-hydrogen) atoms. The molecule has 1 aromatic carbocycles. The van der Waals surface area contributed by atoms with Gasteiger partial charge in [-0.1, -0.05) is 18.5 Å². The van der Waals surface area contributed by atoms with Gasteiger partial charge in [0.15, 0.2) is 0 Å². The van der Waals surface area contributed by atoms with E-state index in [0.717, 1.165) is 47.9 Å². The highest BCUT2D eigenvalue weighted by atomic mass is 35.5. The van der Waals surface area contributed by atoms with E-state index in [4.69, 9.17) is 16.3 Å². The standard InChI is InChI=1S/C27H30ClN5O2/c1-5-22(21-11-19(28)10-18-8-9-35-27(18)21)32-14-17(3)33(15-16(32)2)24-12-25(34)31(4)23-7-6-20(13-29)30-26(23)24/h6-7,10-12,16-17,22H,5,8-9,14-15H2,1-4H3/t16?,17-,22?/m0/s1. The molecule has 2 aliphatic heterocycles. The summed E-state index contributed by atoms with van der Waals surface area (Å²) in [6, 6.07) is 11.9. The average molecular weight is 492 g/mol. The predicted octanol–water partition coefficient (Wildman–Crippen LogP) is 4.44. The van der Waals surface area contributed by atoms with E-state index < -0.39 is 0 Å². The maximum atomic E-state index is 12.8. The molecule has 3 atom stereocenters. The van der Waals surface area contributed by atoms with Crippen LogP contribution in [-0.4, -0.2) is 46.2 Å². The number of pyridine rings is 2. The lowest BCUT2D eigenvalue weighted by Crippen LogP contribution is -2.57. The van der Waals surface area contributed by atoms with Gasteiger partial charge in [0.2, 0.25) is 0 Å². The van der Waals surface area contributed by atoms with Crippen LogP contribution in [0, 0.1) is 11.3 Å². The summed E-state index contributed by atoms with van der Waals surface area (Å²) in [5.41, 5.74) is 4.82. The van der Waals surface area contributed by atoms with Crippen molar-refractivity contribution in [2.45, 2.75) is 51.7 Å². The highest BCUT2D eigenvalue weighted by Gasteiger charge is 2.36. The molecule has 5 rings (SSSR count). The van der Waals surface area contributed by atoms with Gasteiger partial charge in [-0.3, -0.25) is 9.69 Å². The van der Waals surface area contributed by atoms with Gasteiger partial charge in [0.05, 0.1) is 17.8 Å². The largest absolute Gasteiger partial charge is 0.493 e. The van der Waals surface area contributed by atoms with Gasteiger partial charge >= 0.3 is 0 Å². The molecule has 0 aliphatic carbocycles. The Morgan fingerprint density at radius 1 is 1.23 bits per heavy atom. The van der Waals surface area contributed by atoms with Crippen LogP contribution in [0.4, 0.5) is 5.69 Å². The van der Waals surface area contributed by atoms with Gasteiger partial charge in [-0.15, -0.1) is 0 Å². The Morgan fingerprint density at radius 3 is 2.77 bits per heavy atom. The molecule has 0 N–H and O–H groups in total. The van der Waals surface area contributed by atoms with Crippen molar-refractivity contribution in [3.05, 3.63) is 62.5 Å². The number of aryl methyl sites for hydroxylation is 1. The molecule has 0 bridgehead atoms. The summed E-state index contributed by atoms with van der Waals surface area (Å²) in [5, 5.41) is 10.2. The number of ether oxygens (including phenoxy) is 1. The second kappa shape index (κ2) is 9.18. The fourth-order valence-corrected chi connectivity index (χ4v) is 5.94. The number of rotatable bonds is 4. The second-order valence-electron chi connectivity index (χ2n) is 9.66. The zero-order chi connectivity index (χ0) is 24.9. The third-order valence-electron chi connectivity index (χ3n) is 7.45. The molecule has 4 heterocycles. The van der Waals surface area contributed by atoms with Gasteiger partial charge in [-0.2, -0.15) is 5.26 Å². The Morgan fingerprint density at radius 2 is 2.03 bits per heavy atom. The van der Waals surface area contributed by atoms with Crippen LogP contribution in [0.3, 0.4) is 0 Å². The molecule has 8 heteroatoms. The number of benzene rings is 1. The molecule has 3 aromatic rings. The molecule has 7 nitrogen and oxygen atoms in total. The van der Waals surface area contributed by atoms with Gasteiger partial charge in [-0.05, 0) is 50.1 Å². The first-order valence-electron chi connectivity index (χ1n) is 12.2. The quantitative estimate of drug-likeness (QED) is 0.537. The molecule has 182 valence electrons. The number of nitriles is 1. The molecular formula is C27H30ClN5O2. The predicted molar refractivity (Wildman–Crippen MR) is 138 cm³/mol. The van der Waals surface area contributed by atoms with Crippen LogP contribution in [0.2, 0.25) is 5.02 Å². The van der Waals surface area contributed by atoms with Crippen molar-refractivity contribution in [3.8, 4) is 11.8 Å². The maximum Gasteiger partial charge on any atom is 0.252 e. The number of anilines is 1. The number of hydrogen-bond acceptors (Lipinski definition) is 6. The summed E-state index contributed by atoms with van der Waals surface area (Å²) >= 11 is 6.50. The molecule has 1 fully saturated rings. The van der Waals surface area contributed by atoms with E-state index in [1.165, 1.54) is 11.1 Å². The minimum atomic E-state index is -0.0839. The molecule has 0 saturated carbocycles. The maximum absolute atomic E-state index is 12.8. The topological polar surface area (TPSA) is 74.4 Å². The SMILES string of the molecule is CCC(c1cc(Cl)cc2c1OCC2)N1C[C@H](C)N(c2cc(=O)n(C)c3ccc(C#N)nc23)CC1C. The highest BCUT2D eigenvalue weighted by molar-refractivity contribution is 6.30. The summed E-state index contributed by atoms with van der Waals surface area (Å²) in [6.07, 6.45) is 1.84. The van der Waals surface area contributed by atoms with Gasteiger partial charge in [-0.25, -0.2) is 4.98 Å². The Bertz CT molecular complexity index is 1400. The summed E-state index contributed by atoms with van der Waals surface area (Å²) in [7, 11) is 1.74. The van der Waals surface area contributed by atoms with E-state index in [0.29, 0.717) is 17.8 Å². The third-order valence-corrected chi connectivity index (χ3v) is 7.67. The lowest BCUT2D eigenvalue weighted by Gasteiger charge is -2.48. The van der Waals surface area contributed by atoms with Crippen molar-refractivity contribution in [3.63, 3.8) is 0 Å². The summed E-state index contributed by atoms with van der Waals surface area (Å²) in [4.78, 5) is 22.2. The number of fused-ring (bicyclic) bond motifs is 2. The molecule has 0 spiro atoms. The van der Waals surface area contributed by atoms with Crippen molar-refractivity contribution in [2.75, 3.05) is 24.6 Å². The molecule has 2 aliphatic rings. The molecule has 2 aromatic heterocycles. The van der Waals surface area contributed by atoms with Crippen LogP contribution in [0.1, 0.15) is 50.1 Å². The van der Waals surface area contributed by atoms with E-state index in [-0.39, 0.29) is 23.7 Å². The zero-order valence-corrected chi connectivity index (χ0v) is 21.3. The van der Waals surface area contributed by atoms with E-state index in [1.54, 1.807) is 23.7 Å². The smallest absolute Gasteiger partial charge is 0.252 e. The van der Waals surface area contributed by atoms with Gasteiger partial charge < -0.3 is 14.2 Å². The fourth-order valence-electron chi connectivity index (χ4n) is 5.69. The zero-order valence-electron chi connectivity index (χ0n) is 20.6. The van der Waals surface area contributed by atoms with Crippen molar-refractivity contribution in [1.82, 2.24) is 14.5 Å². The molecule has 0 amide bonds. The van der Waals surface area contributed by atoms with Gasteiger partial charge in [0.1, 0.15) is 23.0 Å². The minimum Gasteiger partial charge on any atom is -0.493 e. The first-order valence-corrected chi connectivity index (χ1v) is 12.6. The van der Waals surface area contributed by atoms with Crippen molar-refractivity contribution in [1.29, 1.82) is 5.26 Å². The number of halogens is 1. The summed E-state index contributed by atoms with van der Waals surface area (Å²) < 4.78 is 7.63. The van der Waals surface area contributed by atoms with E-state index in [9.17, 15) is 10.1 Å². The van der Waals surface area contributed by atoms with Crippen molar-refractivity contribution >= 4 is 28.3 Å². The summed E-state index contributed by atoms with van der Waals surface area (Å²) in [6.45, 7) is 8.87. The lowest BCUT2D eigenvalue weighted by atomic mass is 9.95. The van der Waals surface area contributed by atoms with Crippen LogP contribution in [-0.2, 0) is 13.5 Å². The Hall–Kier alpha value is -3.08. The van der Waals surface area contributed by atoms with E-state index in [1.807, 2.05) is 12.1 Å². The van der Waals surface area contributed by atoms with Crippen LogP contribution < -0.4 is 15.2 Å². The fraction of sp³-hybridized carbons (Fsp3) is 0.444. The molecule has 0 radical (unpaired) electrons. The monoisotopic (exact) mass is 491 g/mol. The molecule has 2 unspecified atom stereocenters. The van der Waals surface area contributed by atoms with E-state index >= 15 is 0 Å². The molecular weight excluding hydrogens is 462 g/mol. The highest BCUT2D eigenvalue weighted by Crippen LogP contribution is 2.41. The van der Waals surface area contributed by atoms with Crippen LogP contribution in [0.5, 0.6) is 5.75 Å². The van der Waals surface area contributed by atoms with Crippen molar-refractivity contribution in [2.24, 2.45) is 7.05 Å². The van der Waals surface area contributed by atoms with Crippen LogP contribution in [0.15, 0.2) is 35.1 Å². The number of nitrogens with zero attached hydrogens (tertiary/aromatic N) is 5. The molecule has 1 saturated heterocycles. The first kappa shape index (κ1) is 23.7. The number of hydrogen-bond donors (Lipinski definition) is 0. The first-order chi connectivity index (χ1) is 16.8. The minimum absolute atomic E-state index is 0.0839. The van der Waals surface area contributed by atoms with Gasteiger partial charge in [0, 0.05) is 61.3 Å². The van der Waals surface area contributed by atoms with Gasteiger partial charge in [0.25, 0.3) is 5.56 Å². The van der Waals surface area contributed by atoms with Crippen LogP contribution in [0.25, 0.3) is 11.0 Å². The Kier molecular flexibility index (Phi) is 6.20. The summed E-state index contributed by atoms with van der Waals surface area (Å²) in [5.74, 6) is 0.995. The average Bonchev–Trinajstić information content (AvgIpc) is 3.32. The number of aromatic nitrogens is 2. The number of piperazine rings is 1. The second-order valence-corrected chi connectivity index (χ2v) is 10.1. The third kappa shape index (κ3) is 4.05. The Labute approximate surface area is 210 Å². The van der Waals surface area contributed by atoms with Crippen LogP contribution >= 0.6 is 11.6 Å². The lowest BCUT2D eigenvalue weighted by molar-refractivity contribution is 0.105. The Balaban J connectivity index is 1.51. The van der Waals surface area contributed by atoms with E-state index in [2.05, 4.69) is 47.7 Å². The van der Waals surface area contributed by atoms with Crippen molar-refractivity contribution < 1.29 is 4.74 Å².